The molecule has 2 aromatic rings. The van der Waals surface area contributed by atoms with Crippen LogP contribution in [0.4, 0.5) is 0 Å². The third-order valence-electron chi connectivity index (χ3n) is 4.70. The smallest absolute Gasteiger partial charge is 0.219 e. The molecular formula is C18H25N3O2. The highest BCUT2D eigenvalue weighted by molar-refractivity contribution is 5.84. The van der Waals surface area contributed by atoms with Crippen molar-refractivity contribution in [3.8, 4) is 5.75 Å². The Morgan fingerprint density at radius 1 is 1.30 bits per heavy atom. The fraction of sp³-hybridized carbons (Fsp3) is 0.556. The monoisotopic (exact) mass is 315 g/mol. The van der Waals surface area contributed by atoms with E-state index in [-0.39, 0.29) is 12.0 Å². The predicted molar refractivity (Wildman–Crippen MR) is 90.6 cm³/mol. The summed E-state index contributed by atoms with van der Waals surface area (Å²) in [5, 5.41) is 11.4. The summed E-state index contributed by atoms with van der Waals surface area (Å²) in [7, 11) is 0. The Morgan fingerprint density at radius 2 is 2.09 bits per heavy atom. The van der Waals surface area contributed by atoms with Crippen LogP contribution in [0.25, 0.3) is 10.9 Å². The summed E-state index contributed by atoms with van der Waals surface area (Å²) in [5.41, 5.74) is 2.28. The molecule has 0 radical (unpaired) electrons. The quantitative estimate of drug-likeness (QED) is 0.889. The lowest BCUT2D eigenvalue weighted by Gasteiger charge is -2.30. The Kier molecular flexibility index (Phi) is 4.84. The molecule has 1 aliphatic rings. The lowest BCUT2D eigenvalue weighted by atomic mass is 9.92. The van der Waals surface area contributed by atoms with Gasteiger partial charge in [-0.25, -0.2) is 0 Å². The number of nitrogens with one attached hydrogen (secondary N) is 2. The lowest BCUT2D eigenvalue weighted by Crippen LogP contribution is -2.39. The summed E-state index contributed by atoms with van der Waals surface area (Å²) in [6.45, 7) is 4.04. The number of carbonyl (C=O) groups excluding carboxylic acids is 1. The van der Waals surface area contributed by atoms with Gasteiger partial charge in [0, 0.05) is 23.4 Å². The number of hydrogen-bond donors (Lipinski definition) is 2. The van der Waals surface area contributed by atoms with Crippen LogP contribution in [0.5, 0.6) is 5.75 Å². The van der Waals surface area contributed by atoms with Gasteiger partial charge in [-0.05, 0) is 44.2 Å². The van der Waals surface area contributed by atoms with E-state index < -0.39 is 0 Å². The minimum absolute atomic E-state index is 0.146. The van der Waals surface area contributed by atoms with Gasteiger partial charge in [0.25, 0.3) is 0 Å². The maximum absolute atomic E-state index is 11.5. The molecule has 0 atom stereocenters. The fourth-order valence-corrected chi connectivity index (χ4v) is 3.37. The number of fused-ring (bicyclic) bond motifs is 1. The van der Waals surface area contributed by atoms with Crippen molar-refractivity contribution < 1.29 is 9.53 Å². The number of aromatic amines is 1. The Morgan fingerprint density at radius 3 is 2.78 bits per heavy atom. The van der Waals surface area contributed by atoms with Crippen LogP contribution >= 0.6 is 0 Å². The van der Waals surface area contributed by atoms with Gasteiger partial charge in [0.05, 0.1) is 17.8 Å². The molecule has 0 unspecified atom stereocenters. The van der Waals surface area contributed by atoms with Crippen LogP contribution in [-0.2, 0) is 11.2 Å². The number of aryl methyl sites for hydroxylation is 1. The first kappa shape index (κ1) is 15.8. The highest BCUT2D eigenvalue weighted by Crippen LogP contribution is 2.31. The Bertz CT molecular complexity index is 672. The van der Waals surface area contributed by atoms with Crippen LogP contribution < -0.4 is 10.1 Å². The maximum Gasteiger partial charge on any atom is 0.219 e. The highest BCUT2D eigenvalue weighted by atomic mass is 16.5. The molecule has 1 amide bonds. The number of ether oxygens (including phenoxy) is 1. The van der Waals surface area contributed by atoms with Gasteiger partial charge in [-0.15, -0.1) is 0 Å². The van der Waals surface area contributed by atoms with Gasteiger partial charge in [0.2, 0.25) is 5.91 Å². The van der Waals surface area contributed by atoms with Crippen LogP contribution in [0, 0.1) is 0 Å². The van der Waals surface area contributed by atoms with E-state index in [1.807, 2.05) is 25.3 Å². The van der Waals surface area contributed by atoms with Crippen molar-refractivity contribution in [3.63, 3.8) is 0 Å². The molecule has 2 N–H and O–H groups in total. The van der Waals surface area contributed by atoms with Crippen LogP contribution in [0.15, 0.2) is 18.3 Å². The summed E-state index contributed by atoms with van der Waals surface area (Å²) in [4.78, 5) is 11.5. The van der Waals surface area contributed by atoms with E-state index in [1.54, 1.807) is 0 Å². The van der Waals surface area contributed by atoms with Crippen LogP contribution in [0.3, 0.4) is 0 Å². The topological polar surface area (TPSA) is 67.0 Å². The van der Waals surface area contributed by atoms with Crippen LogP contribution in [0.1, 0.15) is 51.5 Å². The second-order valence-corrected chi connectivity index (χ2v) is 6.24. The van der Waals surface area contributed by atoms with Gasteiger partial charge in [0.1, 0.15) is 5.75 Å². The summed E-state index contributed by atoms with van der Waals surface area (Å²) >= 11 is 0. The Balaban J connectivity index is 1.63. The van der Waals surface area contributed by atoms with Crippen molar-refractivity contribution in [3.05, 3.63) is 23.9 Å². The van der Waals surface area contributed by atoms with Gasteiger partial charge >= 0.3 is 0 Å². The van der Waals surface area contributed by atoms with Gasteiger partial charge in [0.15, 0.2) is 0 Å². The first-order chi connectivity index (χ1) is 11.2. The molecule has 3 rings (SSSR count). The molecule has 5 heteroatoms. The molecule has 1 saturated carbocycles. The number of amides is 1. The van der Waals surface area contributed by atoms with E-state index in [1.165, 1.54) is 5.56 Å². The average Bonchev–Trinajstić information content (AvgIpc) is 3.05. The van der Waals surface area contributed by atoms with Crippen molar-refractivity contribution in [2.75, 3.05) is 0 Å². The second-order valence-electron chi connectivity index (χ2n) is 6.24. The third-order valence-corrected chi connectivity index (χ3v) is 4.70. The zero-order chi connectivity index (χ0) is 16.2. The van der Waals surface area contributed by atoms with Crippen LogP contribution in [-0.4, -0.2) is 28.3 Å². The number of benzene rings is 1. The molecule has 1 heterocycles. The number of carbonyl (C=O) groups is 1. The summed E-state index contributed by atoms with van der Waals surface area (Å²) in [6.07, 6.45) is 7.55. The van der Waals surface area contributed by atoms with Crippen molar-refractivity contribution in [2.45, 2.75) is 64.5 Å². The minimum atomic E-state index is 0.146. The molecule has 0 aliphatic heterocycles. The molecule has 1 aromatic heterocycles. The summed E-state index contributed by atoms with van der Waals surface area (Å²) < 4.78 is 6.28. The molecule has 0 saturated heterocycles. The largest absolute Gasteiger partial charge is 0.490 e. The first-order valence-electron chi connectivity index (χ1n) is 8.62. The van der Waals surface area contributed by atoms with Crippen molar-refractivity contribution in [2.24, 2.45) is 0 Å². The van der Waals surface area contributed by atoms with E-state index in [9.17, 15) is 4.79 Å². The number of H-pyrrole nitrogens is 1. The zero-order valence-electron chi connectivity index (χ0n) is 13.9. The summed E-state index contributed by atoms with van der Waals surface area (Å²) in [6, 6.07) is 4.39. The number of rotatable bonds is 5. The maximum atomic E-state index is 11.5. The van der Waals surface area contributed by atoms with Crippen LogP contribution in [0.2, 0.25) is 0 Å². The van der Waals surface area contributed by atoms with Crippen molar-refractivity contribution >= 4 is 16.8 Å². The first-order valence-corrected chi connectivity index (χ1v) is 8.62. The van der Waals surface area contributed by atoms with E-state index in [2.05, 4.69) is 22.4 Å². The lowest BCUT2D eigenvalue weighted by molar-refractivity contribution is -0.121. The normalized spacial score (nSPS) is 21.3. The zero-order valence-corrected chi connectivity index (χ0v) is 13.9. The Labute approximate surface area is 136 Å². The molecule has 0 bridgehead atoms. The summed E-state index contributed by atoms with van der Waals surface area (Å²) in [5.74, 6) is 1.12. The molecule has 1 aromatic carbocycles. The molecule has 23 heavy (non-hydrogen) atoms. The Hall–Kier alpha value is -2.04. The van der Waals surface area contributed by atoms with E-state index >= 15 is 0 Å². The van der Waals surface area contributed by atoms with Crippen molar-refractivity contribution in [1.29, 1.82) is 0 Å². The number of nitrogens with zero attached hydrogens (tertiary/aromatic N) is 1. The molecule has 1 fully saturated rings. The van der Waals surface area contributed by atoms with E-state index in [4.69, 9.17) is 4.74 Å². The molecular weight excluding hydrogens is 290 g/mol. The number of aromatic nitrogens is 2. The average molecular weight is 315 g/mol. The number of hydrogen-bond acceptors (Lipinski definition) is 3. The third kappa shape index (κ3) is 3.49. The predicted octanol–water partition coefficient (Wildman–Crippen LogP) is 3.34. The highest BCUT2D eigenvalue weighted by Gasteiger charge is 2.24. The minimum Gasteiger partial charge on any atom is -0.490 e. The fourth-order valence-electron chi connectivity index (χ4n) is 3.37. The second kappa shape index (κ2) is 7.02. The molecule has 124 valence electrons. The van der Waals surface area contributed by atoms with Gasteiger partial charge < -0.3 is 10.1 Å². The van der Waals surface area contributed by atoms with E-state index in [0.29, 0.717) is 12.5 Å². The van der Waals surface area contributed by atoms with Gasteiger partial charge in [-0.2, -0.15) is 5.10 Å². The molecule has 1 aliphatic carbocycles. The van der Waals surface area contributed by atoms with Gasteiger partial charge in [-0.1, -0.05) is 13.8 Å². The SMILES string of the molecule is CCC(=O)NC1CCC(Oc2ccc3[nH]ncc3c2CC)CC1. The van der Waals surface area contributed by atoms with Gasteiger partial charge in [-0.3, -0.25) is 9.89 Å². The van der Waals surface area contributed by atoms with E-state index in [0.717, 1.165) is 48.8 Å². The molecule has 5 nitrogen and oxygen atoms in total. The standard InChI is InChI=1S/C18H25N3O2/c1-3-14-15-11-19-21-16(15)9-10-17(14)23-13-7-5-12(6-8-13)20-18(22)4-2/h9-13H,3-8H2,1-2H3,(H,19,21)(H,20,22). The van der Waals surface area contributed by atoms with Crippen molar-refractivity contribution in [1.82, 2.24) is 15.5 Å². The molecule has 0 spiro atoms.